The Kier molecular flexibility index (Phi) is 5.44. The van der Waals surface area contributed by atoms with Crippen LogP contribution in [0.1, 0.15) is 23.1 Å². The number of fused-ring (bicyclic) bond motifs is 1. The van der Waals surface area contributed by atoms with Crippen molar-refractivity contribution in [2.24, 2.45) is 0 Å². The monoisotopic (exact) mass is 363 g/mol. The first-order chi connectivity index (χ1) is 13.2. The summed E-state index contributed by atoms with van der Waals surface area (Å²) < 4.78 is 0. The average molecular weight is 364 g/mol. The summed E-state index contributed by atoms with van der Waals surface area (Å²) >= 11 is 0. The van der Waals surface area contributed by atoms with Gasteiger partial charge in [-0.15, -0.1) is 0 Å². The minimum Gasteiger partial charge on any atom is -0.369 e. The first-order valence-corrected chi connectivity index (χ1v) is 10.1. The lowest BCUT2D eigenvalue weighted by atomic mass is 10.00. The van der Waals surface area contributed by atoms with Crippen LogP contribution in [0.15, 0.2) is 48.5 Å². The zero-order valence-corrected chi connectivity index (χ0v) is 16.2. The molecule has 0 N–H and O–H groups in total. The summed E-state index contributed by atoms with van der Waals surface area (Å²) in [5.74, 6) is 0.297. The molecule has 2 heterocycles. The van der Waals surface area contributed by atoms with Crippen LogP contribution in [-0.4, -0.2) is 55.0 Å². The Morgan fingerprint density at radius 2 is 1.59 bits per heavy atom. The van der Waals surface area contributed by atoms with E-state index in [1.165, 1.54) is 22.4 Å². The van der Waals surface area contributed by atoms with Crippen molar-refractivity contribution in [3.63, 3.8) is 0 Å². The van der Waals surface area contributed by atoms with Gasteiger partial charge < -0.3 is 9.80 Å². The Labute approximate surface area is 162 Å². The van der Waals surface area contributed by atoms with Gasteiger partial charge >= 0.3 is 0 Å². The highest BCUT2D eigenvalue weighted by atomic mass is 16.2. The van der Waals surface area contributed by atoms with Gasteiger partial charge in [0.2, 0.25) is 5.91 Å². The highest BCUT2D eigenvalue weighted by molar-refractivity contribution is 5.76. The van der Waals surface area contributed by atoms with Gasteiger partial charge in [0.05, 0.1) is 0 Å². The number of nitrogens with zero attached hydrogens (tertiary/aromatic N) is 3. The van der Waals surface area contributed by atoms with E-state index in [2.05, 4.69) is 65.3 Å². The van der Waals surface area contributed by atoms with Crippen LogP contribution in [0.3, 0.4) is 0 Å². The lowest BCUT2D eigenvalue weighted by molar-refractivity contribution is -0.132. The largest absolute Gasteiger partial charge is 0.369 e. The summed E-state index contributed by atoms with van der Waals surface area (Å²) in [4.78, 5) is 19.6. The van der Waals surface area contributed by atoms with Gasteiger partial charge in [-0.1, -0.05) is 42.5 Å². The van der Waals surface area contributed by atoms with Crippen LogP contribution in [0, 0.1) is 6.92 Å². The molecule has 2 aliphatic heterocycles. The number of hydrogen-bond acceptors (Lipinski definition) is 3. The van der Waals surface area contributed by atoms with Gasteiger partial charge in [0.1, 0.15) is 0 Å². The molecule has 0 radical (unpaired) electrons. The van der Waals surface area contributed by atoms with Crippen molar-refractivity contribution in [3.05, 3.63) is 65.2 Å². The standard InChI is InChI=1S/C23H29N3O/c1-19-6-2-5-9-22(19)25-16-14-24(15-17-25)12-11-23(27)26-13-10-20-7-3-4-8-21(20)18-26/h2-9H,10-18H2,1H3. The molecule has 0 unspecified atom stereocenters. The molecule has 0 aromatic heterocycles. The van der Waals surface area contributed by atoms with Gasteiger partial charge in [0.25, 0.3) is 0 Å². The molecule has 1 saturated heterocycles. The minimum atomic E-state index is 0.297. The van der Waals surface area contributed by atoms with Crippen molar-refractivity contribution in [2.45, 2.75) is 26.3 Å². The van der Waals surface area contributed by atoms with E-state index >= 15 is 0 Å². The van der Waals surface area contributed by atoms with Crippen LogP contribution in [0.25, 0.3) is 0 Å². The van der Waals surface area contributed by atoms with Crippen LogP contribution in [0.5, 0.6) is 0 Å². The molecule has 0 saturated carbocycles. The highest BCUT2D eigenvalue weighted by Gasteiger charge is 2.22. The van der Waals surface area contributed by atoms with E-state index in [9.17, 15) is 4.79 Å². The van der Waals surface area contributed by atoms with E-state index < -0.39 is 0 Å². The number of hydrogen-bond donors (Lipinski definition) is 0. The molecule has 2 aliphatic rings. The molecule has 142 valence electrons. The second-order valence-electron chi connectivity index (χ2n) is 7.70. The van der Waals surface area contributed by atoms with Crippen molar-refractivity contribution >= 4 is 11.6 Å². The molecule has 27 heavy (non-hydrogen) atoms. The van der Waals surface area contributed by atoms with Crippen LogP contribution < -0.4 is 4.90 Å². The van der Waals surface area contributed by atoms with Crippen LogP contribution in [0.2, 0.25) is 0 Å². The number of para-hydroxylation sites is 1. The number of carbonyl (C=O) groups excluding carboxylic acids is 1. The molecular formula is C23H29N3O. The smallest absolute Gasteiger partial charge is 0.224 e. The van der Waals surface area contributed by atoms with E-state index in [1.54, 1.807) is 0 Å². The maximum Gasteiger partial charge on any atom is 0.224 e. The second-order valence-corrected chi connectivity index (χ2v) is 7.70. The number of aryl methyl sites for hydroxylation is 1. The minimum absolute atomic E-state index is 0.297. The topological polar surface area (TPSA) is 26.8 Å². The lowest BCUT2D eigenvalue weighted by Crippen LogP contribution is -2.47. The summed E-state index contributed by atoms with van der Waals surface area (Å²) in [5, 5.41) is 0. The maximum absolute atomic E-state index is 12.7. The second kappa shape index (κ2) is 8.13. The Morgan fingerprint density at radius 1 is 0.889 bits per heavy atom. The number of amides is 1. The van der Waals surface area contributed by atoms with Crippen molar-refractivity contribution in [1.29, 1.82) is 0 Å². The Bertz CT molecular complexity index is 796. The van der Waals surface area contributed by atoms with Crippen LogP contribution >= 0.6 is 0 Å². The predicted molar refractivity (Wildman–Crippen MR) is 110 cm³/mol. The zero-order chi connectivity index (χ0) is 18.6. The number of rotatable bonds is 4. The molecule has 0 aliphatic carbocycles. The quantitative estimate of drug-likeness (QED) is 0.835. The van der Waals surface area contributed by atoms with Crippen LogP contribution in [0.4, 0.5) is 5.69 Å². The van der Waals surface area contributed by atoms with Gasteiger partial charge in [-0.2, -0.15) is 0 Å². The molecule has 4 rings (SSSR count). The number of benzene rings is 2. The molecule has 2 aromatic carbocycles. The molecule has 4 nitrogen and oxygen atoms in total. The van der Waals surface area contributed by atoms with E-state index in [0.29, 0.717) is 12.3 Å². The first kappa shape index (κ1) is 18.1. The SMILES string of the molecule is Cc1ccccc1N1CCN(CCC(=O)N2CCc3ccccc3C2)CC1. The first-order valence-electron chi connectivity index (χ1n) is 10.1. The fourth-order valence-corrected chi connectivity index (χ4v) is 4.25. The normalized spacial score (nSPS) is 17.7. The van der Waals surface area contributed by atoms with Gasteiger partial charge in [-0.25, -0.2) is 0 Å². The van der Waals surface area contributed by atoms with E-state index in [4.69, 9.17) is 0 Å². The molecule has 2 aromatic rings. The Hall–Kier alpha value is -2.33. The van der Waals surface area contributed by atoms with Crippen molar-refractivity contribution in [3.8, 4) is 0 Å². The van der Waals surface area contributed by atoms with Crippen molar-refractivity contribution < 1.29 is 4.79 Å². The van der Waals surface area contributed by atoms with Gasteiger partial charge in [0, 0.05) is 57.9 Å². The summed E-state index contributed by atoms with van der Waals surface area (Å²) in [6.07, 6.45) is 1.61. The molecule has 1 fully saturated rings. The molecular weight excluding hydrogens is 334 g/mol. The molecule has 0 atom stereocenters. The van der Waals surface area contributed by atoms with Crippen molar-refractivity contribution in [2.75, 3.05) is 44.2 Å². The van der Waals surface area contributed by atoms with E-state index in [0.717, 1.165) is 52.2 Å². The van der Waals surface area contributed by atoms with Crippen LogP contribution in [-0.2, 0) is 17.8 Å². The highest BCUT2D eigenvalue weighted by Crippen LogP contribution is 2.21. The maximum atomic E-state index is 12.7. The molecule has 0 bridgehead atoms. The number of anilines is 1. The summed E-state index contributed by atoms with van der Waals surface area (Å²) in [7, 11) is 0. The average Bonchev–Trinajstić information content (AvgIpc) is 2.72. The third kappa shape index (κ3) is 4.16. The summed E-state index contributed by atoms with van der Waals surface area (Å²) in [6.45, 7) is 8.82. The molecule has 1 amide bonds. The number of carbonyl (C=O) groups is 1. The van der Waals surface area contributed by atoms with Gasteiger partial charge in [-0.05, 0) is 36.1 Å². The zero-order valence-electron chi connectivity index (χ0n) is 16.2. The third-order valence-electron chi connectivity index (χ3n) is 5.95. The lowest BCUT2D eigenvalue weighted by Gasteiger charge is -2.37. The number of piperazine rings is 1. The predicted octanol–water partition coefficient (Wildman–Crippen LogP) is 3.09. The Balaban J connectivity index is 1.25. The third-order valence-corrected chi connectivity index (χ3v) is 5.95. The van der Waals surface area contributed by atoms with Gasteiger partial charge in [0.15, 0.2) is 0 Å². The summed E-state index contributed by atoms with van der Waals surface area (Å²) in [5.41, 5.74) is 5.39. The Morgan fingerprint density at radius 3 is 2.37 bits per heavy atom. The van der Waals surface area contributed by atoms with Gasteiger partial charge in [-0.3, -0.25) is 9.69 Å². The fourth-order valence-electron chi connectivity index (χ4n) is 4.25. The fraction of sp³-hybridized carbons (Fsp3) is 0.435. The summed E-state index contributed by atoms with van der Waals surface area (Å²) in [6, 6.07) is 17.1. The molecule has 4 heteroatoms. The van der Waals surface area contributed by atoms with E-state index in [-0.39, 0.29) is 0 Å². The molecule has 0 spiro atoms. The van der Waals surface area contributed by atoms with Crippen molar-refractivity contribution in [1.82, 2.24) is 9.80 Å². The van der Waals surface area contributed by atoms with E-state index in [1.807, 2.05) is 4.90 Å².